The highest BCUT2D eigenvalue weighted by atomic mass is 35.5. The van der Waals surface area contributed by atoms with Crippen molar-refractivity contribution in [2.45, 2.75) is 18.1 Å². The maximum absolute atomic E-state index is 12.7. The topological polar surface area (TPSA) is 97.0 Å². The average Bonchev–Trinajstić information content (AvgIpc) is 2.59. The molecule has 0 bridgehead atoms. The van der Waals surface area contributed by atoms with Crippen LogP contribution in [-0.4, -0.2) is 41.5 Å². The number of nitriles is 1. The van der Waals surface area contributed by atoms with E-state index >= 15 is 0 Å². The average molecular weight is 381 g/mol. The van der Waals surface area contributed by atoms with E-state index in [0.717, 1.165) is 11.8 Å². The molecule has 0 spiro atoms. The van der Waals surface area contributed by atoms with Crippen molar-refractivity contribution in [1.29, 1.82) is 5.26 Å². The van der Waals surface area contributed by atoms with Crippen molar-refractivity contribution < 1.29 is 9.53 Å². The number of carbonyl (C=O) groups is 1. The van der Waals surface area contributed by atoms with Crippen molar-refractivity contribution >= 4 is 40.2 Å². The van der Waals surface area contributed by atoms with E-state index in [9.17, 15) is 9.59 Å². The molecule has 7 nitrogen and oxygen atoms in total. The lowest BCUT2D eigenvalue weighted by molar-refractivity contribution is -0.118. The molecule has 0 fully saturated rings. The molecule has 25 heavy (non-hydrogen) atoms. The molecule has 1 amide bonds. The lowest BCUT2D eigenvalue weighted by Crippen LogP contribution is -2.28. The first-order chi connectivity index (χ1) is 12.1. The minimum Gasteiger partial charge on any atom is -0.383 e. The molecule has 0 aliphatic heterocycles. The largest absolute Gasteiger partial charge is 0.383 e. The maximum atomic E-state index is 12.7. The second-order valence-electron chi connectivity index (χ2n) is 5.05. The van der Waals surface area contributed by atoms with E-state index in [1.807, 2.05) is 6.07 Å². The number of ether oxygens (including phenoxy) is 1. The number of carbonyl (C=O) groups excluding carboxylic acids is 1. The highest BCUT2D eigenvalue weighted by molar-refractivity contribution is 7.99. The number of halogens is 1. The summed E-state index contributed by atoms with van der Waals surface area (Å²) in [7, 11) is 1.55. The molecule has 0 unspecified atom stereocenters. The van der Waals surface area contributed by atoms with Gasteiger partial charge in [0, 0.05) is 18.7 Å². The summed E-state index contributed by atoms with van der Waals surface area (Å²) in [4.78, 5) is 29.0. The summed E-state index contributed by atoms with van der Waals surface area (Å²) in [6.07, 6.45) is 0.252. The van der Waals surface area contributed by atoms with Crippen molar-refractivity contribution in [1.82, 2.24) is 14.9 Å². The van der Waals surface area contributed by atoms with E-state index < -0.39 is 0 Å². The Hall–Kier alpha value is -2.08. The minimum atomic E-state index is -0.223. The van der Waals surface area contributed by atoms with E-state index in [1.54, 1.807) is 25.3 Å². The molecule has 1 aromatic heterocycles. The van der Waals surface area contributed by atoms with Gasteiger partial charge in [-0.2, -0.15) is 5.26 Å². The Morgan fingerprint density at radius 3 is 3.04 bits per heavy atom. The van der Waals surface area contributed by atoms with Crippen LogP contribution in [0.5, 0.6) is 0 Å². The monoisotopic (exact) mass is 380 g/mol. The molecule has 2 rings (SSSR count). The van der Waals surface area contributed by atoms with Crippen LogP contribution in [0.25, 0.3) is 10.9 Å². The van der Waals surface area contributed by atoms with Crippen LogP contribution in [0, 0.1) is 11.3 Å². The van der Waals surface area contributed by atoms with E-state index in [0.29, 0.717) is 40.8 Å². The highest BCUT2D eigenvalue weighted by Crippen LogP contribution is 2.20. The van der Waals surface area contributed by atoms with Crippen LogP contribution in [0.4, 0.5) is 0 Å². The Kier molecular flexibility index (Phi) is 7.25. The molecular formula is C16H17ClN4O3S. The lowest BCUT2D eigenvalue weighted by atomic mass is 10.2. The summed E-state index contributed by atoms with van der Waals surface area (Å²) in [5.74, 6) is -0.129. The van der Waals surface area contributed by atoms with Crippen LogP contribution in [0.3, 0.4) is 0 Å². The fourth-order valence-corrected chi connectivity index (χ4v) is 3.12. The van der Waals surface area contributed by atoms with Gasteiger partial charge in [0.1, 0.15) is 0 Å². The Bertz CT molecular complexity index is 863. The van der Waals surface area contributed by atoms with Crippen molar-refractivity contribution in [3.8, 4) is 6.07 Å². The summed E-state index contributed by atoms with van der Waals surface area (Å²) in [6, 6.07) is 6.86. The van der Waals surface area contributed by atoms with Crippen LogP contribution in [0.1, 0.15) is 6.42 Å². The van der Waals surface area contributed by atoms with Gasteiger partial charge in [-0.25, -0.2) is 4.98 Å². The van der Waals surface area contributed by atoms with Gasteiger partial charge in [0.25, 0.3) is 5.56 Å². The second kappa shape index (κ2) is 9.42. The number of thioether (sulfide) groups is 1. The number of rotatable bonds is 8. The SMILES string of the molecule is COCCn1c(SCC(=O)NCCC#N)nc2cc(Cl)ccc2c1=O. The molecule has 1 heterocycles. The highest BCUT2D eigenvalue weighted by Gasteiger charge is 2.13. The first kappa shape index (κ1) is 19.2. The van der Waals surface area contributed by atoms with Crippen LogP contribution < -0.4 is 10.9 Å². The van der Waals surface area contributed by atoms with Gasteiger partial charge < -0.3 is 10.1 Å². The van der Waals surface area contributed by atoms with E-state index in [2.05, 4.69) is 10.3 Å². The Labute approximate surface area is 153 Å². The quantitative estimate of drug-likeness (QED) is 0.426. The van der Waals surface area contributed by atoms with Crippen molar-refractivity contribution in [2.75, 3.05) is 26.0 Å². The zero-order valence-corrected chi connectivity index (χ0v) is 15.2. The molecule has 2 aromatic rings. The summed E-state index contributed by atoms with van der Waals surface area (Å²) < 4.78 is 6.54. The molecular weight excluding hydrogens is 364 g/mol. The minimum absolute atomic E-state index is 0.0942. The van der Waals surface area contributed by atoms with Crippen LogP contribution >= 0.6 is 23.4 Å². The van der Waals surface area contributed by atoms with Crippen LogP contribution in [0.15, 0.2) is 28.2 Å². The third-order valence-corrected chi connectivity index (χ3v) is 4.50. The smallest absolute Gasteiger partial charge is 0.262 e. The number of nitrogens with zero attached hydrogens (tertiary/aromatic N) is 3. The van der Waals surface area contributed by atoms with Gasteiger partial charge in [-0.1, -0.05) is 23.4 Å². The number of hydrogen-bond donors (Lipinski definition) is 1. The number of amides is 1. The first-order valence-electron chi connectivity index (χ1n) is 7.52. The van der Waals surface area contributed by atoms with Gasteiger partial charge in [0.05, 0.1) is 42.3 Å². The standard InChI is InChI=1S/C16H17ClN4O3S/c1-24-8-7-21-15(23)12-4-3-11(17)9-13(12)20-16(21)25-10-14(22)19-6-2-5-18/h3-4,9H,2,6-8,10H2,1H3,(H,19,22). The molecule has 0 atom stereocenters. The van der Waals surface area contributed by atoms with E-state index in [1.165, 1.54) is 4.57 Å². The Balaban J connectivity index is 2.27. The van der Waals surface area contributed by atoms with Crippen molar-refractivity contribution in [3.63, 3.8) is 0 Å². The maximum Gasteiger partial charge on any atom is 0.262 e. The van der Waals surface area contributed by atoms with Crippen LogP contribution in [0.2, 0.25) is 5.02 Å². The van der Waals surface area contributed by atoms with E-state index in [-0.39, 0.29) is 23.6 Å². The molecule has 0 aliphatic carbocycles. The van der Waals surface area contributed by atoms with Crippen molar-refractivity contribution in [3.05, 3.63) is 33.6 Å². The Morgan fingerprint density at radius 2 is 2.32 bits per heavy atom. The first-order valence-corrected chi connectivity index (χ1v) is 8.88. The molecule has 9 heteroatoms. The summed E-state index contributed by atoms with van der Waals surface area (Å²) in [5.41, 5.74) is 0.282. The van der Waals surface area contributed by atoms with Gasteiger partial charge in [0.15, 0.2) is 5.16 Å². The predicted octanol–water partition coefficient (Wildman–Crippen LogP) is 1.82. The lowest BCUT2D eigenvalue weighted by Gasteiger charge is -2.12. The molecule has 0 radical (unpaired) electrons. The number of fused-ring (bicyclic) bond motifs is 1. The summed E-state index contributed by atoms with van der Waals surface area (Å²) in [5, 5.41) is 12.5. The second-order valence-corrected chi connectivity index (χ2v) is 6.43. The van der Waals surface area contributed by atoms with Gasteiger partial charge >= 0.3 is 0 Å². The summed E-state index contributed by atoms with van der Waals surface area (Å²) >= 11 is 7.14. The number of nitrogens with one attached hydrogen (secondary N) is 1. The molecule has 1 aromatic carbocycles. The predicted molar refractivity (Wildman–Crippen MR) is 96.9 cm³/mol. The zero-order chi connectivity index (χ0) is 18.2. The molecule has 0 saturated carbocycles. The summed E-state index contributed by atoms with van der Waals surface area (Å²) in [6.45, 7) is 0.981. The number of benzene rings is 1. The zero-order valence-electron chi connectivity index (χ0n) is 13.6. The van der Waals surface area contributed by atoms with Crippen LogP contribution in [-0.2, 0) is 16.1 Å². The number of hydrogen-bond acceptors (Lipinski definition) is 6. The van der Waals surface area contributed by atoms with Crippen molar-refractivity contribution in [2.24, 2.45) is 0 Å². The van der Waals surface area contributed by atoms with Gasteiger partial charge in [-0.3, -0.25) is 14.2 Å². The molecule has 0 saturated heterocycles. The Morgan fingerprint density at radius 1 is 1.52 bits per heavy atom. The van der Waals surface area contributed by atoms with Gasteiger partial charge in [-0.05, 0) is 18.2 Å². The number of methoxy groups -OCH3 is 1. The van der Waals surface area contributed by atoms with Gasteiger partial charge in [-0.15, -0.1) is 0 Å². The molecule has 0 aliphatic rings. The third kappa shape index (κ3) is 5.19. The third-order valence-electron chi connectivity index (χ3n) is 3.29. The van der Waals surface area contributed by atoms with Gasteiger partial charge in [0.2, 0.25) is 5.91 Å². The van der Waals surface area contributed by atoms with E-state index in [4.69, 9.17) is 21.6 Å². The fourth-order valence-electron chi connectivity index (χ4n) is 2.10. The fraction of sp³-hybridized carbons (Fsp3) is 0.375. The molecule has 1 N–H and O–H groups in total. The normalized spacial score (nSPS) is 10.6. The number of aromatic nitrogens is 2. The molecule has 132 valence electrons.